The number of hydrogen-bond donors (Lipinski definition) is 4. The van der Waals surface area contributed by atoms with E-state index in [2.05, 4.69) is 10.9 Å². The SMILES string of the molecule is CC(=O)NNc1cccc(S(=O)(=O)NNC(C)=O)c1. The van der Waals surface area contributed by atoms with Crippen molar-refractivity contribution < 1.29 is 18.0 Å². The third-order valence-corrected chi connectivity index (χ3v) is 3.13. The van der Waals surface area contributed by atoms with E-state index in [0.717, 1.165) is 0 Å². The molecule has 0 atom stereocenters. The summed E-state index contributed by atoms with van der Waals surface area (Å²) >= 11 is 0. The third kappa shape index (κ3) is 4.94. The lowest BCUT2D eigenvalue weighted by atomic mass is 10.3. The number of anilines is 1. The highest BCUT2D eigenvalue weighted by atomic mass is 32.2. The van der Waals surface area contributed by atoms with Gasteiger partial charge in [-0.3, -0.25) is 25.9 Å². The highest BCUT2D eigenvalue weighted by Crippen LogP contribution is 2.14. The van der Waals surface area contributed by atoms with E-state index >= 15 is 0 Å². The smallest absolute Gasteiger partial charge is 0.257 e. The summed E-state index contributed by atoms with van der Waals surface area (Å²) in [6.07, 6.45) is 0. The van der Waals surface area contributed by atoms with Gasteiger partial charge in [0.25, 0.3) is 10.0 Å². The van der Waals surface area contributed by atoms with Gasteiger partial charge in [0.1, 0.15) is 0 Å². The number of nitrogens with one attached hydrogen (secondary N) is 4. The highest BCUT2D eigenvalue weighted by molar-refractivity contribution is 7.89. The summed E-state index contributed by atoms with van der Waals surface area (Å²) in [6.45, 7) is 2.49. The molecule has 8 nitrogen and oxygen atoms in total. The van der Waals surface area contributed by atoms with Crippen molar-refractivity contribution in [3.05, 3.63) is 24.3 Å². The Kier molecular flexibility index (Phi) is 4.84. The van der Waals surface area contributed by atoms with Crippen molar-refractivity contribution in [1.82, 2.24) is 15.7 Å². The molecule has 0 heterocycles. The fourth-order valence-corrected chi connectivity index (χ4v) is 2.03. The van der Waals surface area contributed by atoms with E-state index in [1.807, 2.05) is 10.3 Å². The molecule has 0 aliphatic rings. The Morgan fingerprint density at radius 2 is 1.68 bits per heavy atom. The second-order valence-electron chi connectivity index (χ2n) is 3.62. The van der Waals surface area contributed by atoms with Crippen LogP contribution in [-0.2, 0) is 19.6 Å². The number of sulfonamides is 1. The molecule has 0 saturated heterocycles. The Morgan fingerprint density at radius 3 is 2.26 bits per heavy atom. The van der Waals surface area contributed by atoms with Gasteiger partial charge in [-0.25, -0.2) is 8.42 Å². The molecule has 0 aliphatic carbocycles. The van der Waals surface area contributed by atoms with Crippen LogP contribution in [0.4, 0.5) is 5.69 Å². The number of hydrazine groups is 2. The van der Waals surface area contributed by atoms with Crippen molar-refractivity contribution in [1.29, 1.82) is 0 Å². The van der Waals surface area contributed by atoms with Crippen LogP contribution in [0.25, 0.3) is 0 Å². The monoisotopic (exact) mass is 286 g/mol. The molecule has 9 heteroatoms. The second-order valence-corrected chi connectivity index (χ2v) is 5.30. The summed E-state index contributed by atoms with van der Waals surface area (Å²) < 4.78 is 23.6. The van der Waals surface area contributed by atoms with Gasteiger partial charge in [0, 0.05) is 13.8 Å². The maximum Gasteiger partial charge on any atom is 0.257 e. The molecule has 4 N–H and O–H groups in total. The molecule has 0 spiro atoms. The van der Waals surface area contributed by atoms with Gasteiger partial charge in [-0.15, -0.1) is 4.83 Å². The number of carbonyl (C=O) groups is 2. The summed E-state index contributed by atoms with van der Waals surface area (Å²) in [5.41, 5.74) is 7.24. The summed E-state index contributed by atoms with van der Waals surface area (Å²) in [6, 6.07) is 5.73. The first-order chi connectivity index (χ1) is 8.81. The van der Waals surface area contributed by atoms with Gasteiger partial charge < -0.3 is 0 Å². The Hall–Kier alpha value is -2.13. The normalized spacial score (nSPS) is 10.6. The maximum absolute atomic E-state index is 11.8. The topological polar surface area (TPSA) is 116 Å². The lowest BCUT2D eigenvalue weighted by Gasteiger charge is -2.10. The van der Waals surface area contributed by atoms with Gasteiger partial charge in [0.2, 0.25) is 11.8 Å². The van der Waals surface area contributed by atoms with Crippen LogP contribution < -0.4 is 21.1 Å². The predicted octanol–water partition coefficient (Wildman–Crippen LogP) is -0.521. The standard InChI is InChI=1S/C10H14N4O4S/c1-7(15)11-13-9-4-3-5-10(6-9)19(17,18)14-12-8(2)16/h3-6,13-14H,1-2H3,(H,11,15)(H,12,16). The number of amides is 2. The Labute approximate surface area is 110 Å². The summed E-state index contributed by atoms with van der Waals surface area (Å²) in [5, 5.41) is 0. The number of hydrogen-bond acceptors (Lipinski definition) is 5. The average Bonchev–Trinajstić information content (AvgIpc) is 2.34. The van der Waals surface area contributed by atoms with Crippen LogP contribution in [0.1, 0.15) is 13.8 Å². The minimum absolute atomic E-state index is 0.0587. The first-order valence-corrected chi connectivity index (χ1v) is 6.70. The van der Waals surface area contributed by atoms with E-state index < -0.39 is 15.9 Å². The number of carbonyl (C=O) groups excluding carboxylic acids is 2. The molecular formula is C10H14N4O4S. The molecule has 0 aliphatic heterocycles. The molecule has 0 unspecified atom stereocenters. The zero-order chi connectivity index (χ0) is 14.5. The van der Waals surface area contributed by atoms with Crippen molar-refractivity contribution in [2.45, 2.75) is 18.7 Å². The number of rotatable bonds is 5. The van der Waals surface area contributed by atoms with Crippen LogP contribution in [0, 0.1) is 0 Å². The van der Waals surface area contributed by atoms with Gasteiger partial charge in [-0.1, -0.05) is 6.07 Å². The molecule has 2 amide bonds. The molecule has 0 aromatic heterocycles. The highest BCUT2D eigenvalue weighted by Gasteiger charge is 2.14. The molecule has 1 aromatic rings. The summed E-state index contributed by atoms with van der Waals surface area (Å²) in [7, 11) is -3.85. The van der Waals surface area contributed by atoms with Gasteiger partial charge in [-0.2, -0.15) is 0 Å². The van der Waals surface area contributed by atoms with Crippen LogP contribution in [0.5, 0.6) is 0 Å². The van der Waals surface area contributed by atoms with Crippen LogP contribution in [0.3, 0.4) is 0 Å². The predicted molar refractivity (Wildman–Crippen MR) is 68.0 cm³/mol. The van der Waals surface area contributed by atoms with Crippen molar-refractivity contribution in [2.75, 3.05) is 5.43 Å². The van der Waals surface area contributed by atoms with Gasteiger partial charge in [-0.05, 0) is 18.2 Å². The lowest BCUT2D eigenvalue weighted by Crippen LogP contribution is -2.40. The van der Waals surface area contributed by atoms with E-state index in [4.69, 9.17) is 0 Å². The molecule has 0 saturated carbocycles. The lowest BCUT2D eigenvalue weighted by molar-refractivity contribution is -0.119. The zero-order valence-electron chi connectivity index (χ0n) is 10.4. The largest absolute Gasteiger partial charge is 0.299 e. The molecular weight excluding hydrogens is 272 g/mol. The zero-order valence-corrected chi connectivity index (χ0v) is 11.2. The fourth-order valence-electron chi connectivity index (χ4n) is 1.10. The summed E-state index contributed by atoms with van der Waals surface area (Å²) in [5.74, 6) is -0.847. The first kappa shape index (κ1) is 14.9. The molecule has 1 rings (SSSR count). The van der Waals surface area contributed by atoms with E-state index in [1.54, 1.807) is 6.07 Å². The molecule has 19 heavy (non-hydrogen) atoms. The van der Waals surface area contributed by atoms with Crippen LogP contribution in [-0.4, -0.2) is 20.2 Å². The number of benzene rings is 1. The summed E-state index contributed by atoms with van der Waals surface area (Å²) in [4.78, 5) is 23.3. The quantitative estimate of drug-likeness (QED) is 0.543. The van der Waals surface area contributed by atoms with E-state index in [-0.39, 0.29) is 10.8 Å². The minimum atomic E-state index is -3.85. The van der Waals surface area contributed by atoms with E-state index in [0.29, 0.717) is 5.69 Å². The van der Waals surface area contributed by atoms with Crippen molar-refractivity contribution in [3.8, 4) is 0 Å². The van der Waals surface area contributed by atoms with Crippen molar-refractivity contribution in [3.63, 3.8) is 0 Å². The van der Waals surface area contributed by atoms with Crippen molar-refractivity contribution in [2.24, 2.45) is 0 Å². The minimum Gasteiger partial charge on any atom is -0.299 e. The molecule has 0 bridgehead atoms. The molecule has 1 aromatic carbocycles. The average molecular weight is 286 g/mol. The molecule has 0 fully saturated rings. The third-order valence-electron chi connectivity index (χ3n) is 1.89. The fraction of sp³-hybridized carbons (Fsp3) is 0.200. The van der Waals surface area contributed by atoms with Gasteiger partial charge >= 0.3 is 0 Å². The first-order valence-electron chi connectivity index (χ1n) is 5.22. The van der Waals surface area contributed by atoms with Gasteiger partial charge in [0.15, 0.2) is 0 Å². The van der Waals surface area contributed by atoms with Crippen LogP contribution >= 0.6 is 0 Å². The van der Waals surface area contributed by atoms with E-state index in [9.17, 15) is 18.0 Å². The maximum atomic E-state index is 11.8. The van der Waals surface area contributed by atoms with Crippen molar-refractivity contribution >= 4 is 27.5 Å². The van der Waals surface area contributed by atoms with E-state index in [1.165, 1.54) is 32.0 Å². The van der Waals surface area contributed by atoms with Crippen LogP contribution in [0.2, 0.25) is 0 Å². The van der Waals surface area contributed by atoms with Crippen LogP contribution in [0.15, 0.2) is 29.2 Å². The Balaban J connectivity index is 2.85. The molecule has 104 valence electrons. The Bertz CT molecular complexity index is 585. The Morgan fingerprint density at radius 1 is 1.05 bits per heavy atom. The van der Waals surface area contributed by atoms with Gasteiger partial charge in [0.05, 0.1) is 10.6 Å². The molecule has 0 radical (unpaired) electrons. The second kappa shape index (κ2) is 6.16.